The number of nitrogens with two attached hydrogens (primary N) is 1. The van der Waals surface area contributed by atoms with Crippen LogP contribution in [-0.2, 0) is 4.74 Å². The summed E-state index contributed by atoms with van der Waals surface area (Å²) >= 11 is 5.20. The van der Waals surface area contributed by atoms with E-state index in [9.17, 15) is 0 Å². The van der Waals surface area contributed by atoms with E-state index in [1.165, 1.54) is 30.6 Å². The topological polar surface area (TPSA) is 35.2 Å². The van der Waals surface area contributed by atoms with Gasteiger partial charge in [-0.2, -0.15) is 0 Å². The molecule has 2 nitrogen and oxygen atoms in total. The Kier molecular flexibility index (Phi) is 4.82. The van der Waals surface area contributed by atoms with Crippen LogP contribution in [-0.4, -0.2) is 12.7 Å². The van der Waals surface area contributed by atoms with Crippen LogP contribution in [0, 0.1) is 0 Å². The molecule has 2 heterocycles. The number of halogens is 1. The van der Waals surface area contributed by atoms with Crippen molar-refractivity contribution in [2.24, 2.45) is 5.73 Å². The molecule has 2 rings (SSSR count). The molecule has 0 aliphatic carbocycles. The maximum Gasteiger partial charge on any atom is 0.0701 e. The first-order valence-corrected chi connectivity index (χ1v) is 7.49. The summed E-state index contributed by atoms with van der Waals surface area (Å²) in [6, 6.07) is 4.38. The molecule has 0 radical (unpaired) electrons. The fraction of sp³-hybridized carbons (Fsp3) is 0.667. The Bertz CT molecular complexity index is 323. The van der Waals surface area contributed by atoms with Crippen LogP contribution in [0.2, 0.25) is 0 Å². The second-order valence-corrected chi connectivity index (χ2v) is 6.81. The van der Waals surface area contributed by atoms with Crippen LogP contribution in [0.15, 0.2) is 15.9 Å². The third kappa shape index (κ3) is 3.55. The Hall–Kier alpha value is 0.1000. The first-order chi connectivity index (χ1) is 7.75. The van der Waals surface area contributed by atoms with Crippen LogP contribution in [0.4, 0.5) is 0 Å². The molecule has 0 saturated carbocycles. The first-order valence-electron chi connectivity index (χ1n) is 5.88. The molecule has 1 saturated heterocycles. The molecule has 90 valence electrons. The molecule has 1 aromatic heterocycles. The van der Waals surface area contributed by atoms with Gasteiger partial charge in [-0.15, -0.1) is 11.3 Å². The highest BCUT2D eigenvalue weighted by Gasteiger charge is 2.16. The fourth-order valence-electron chi connectivity index (χ4n) is 2.11. The lowest BCUT2D eigenvalue weighted by molar-refractivity contribution is 0.101. The van der Waals surface area contributed by atoms with E-state index in [1.807, 2.05) is 0 Å². The van der Waals surface area contributed by atoms with Crippen molar-refractivity contribution in [2.75, 3.05) is 6.61 Å². The highest BCUT2D eigenvalue weighted by Crippen LogP contribution is 2.29. The average molecular weight is 304 g/mol. The Morgan fingerprint density at radius 3 is 3.06 bits per heavy atom. The Balaban J connectivity index is 1.69. The van der Waals surface area contributed by atoms with Crippen LogP contribution < -0.4 is 5.73 Å². The molecule has 2 N–H and O–H groups in total. The monoisotopic (exact) mass is 303 g/mol. The van der Waals surface area contributed by atoms with Crippen molar-refractivity contribution in [3.8, 4) is 0 Å². The normalized spacial score (nSPS) is 22.5. The maximum atomic E-state index is 6.14. The Morgan fingerprint density at radius 1 is 1.56 bits per heavy atom. The summed E-state index contributed by atoms with van der Waals surface area (Å²) < 4.78 is 6.76. The highest BCUT2D eigenvalue weighted by molar-refractivity contribution is 9.11. The summed E-state index contributed by atoms with van der Waals surface area (Å²) in [5.41, 5.74) is 6.14. The molecular formula is C12H18BrNOS. The zero-order valence-electron chi connectivity index (χ0n) is 9.32. The summed E-state index contributed by atoms with van der Waals surface area (Å²) in [5, 5.41) is 0. The molecule has 1 aromatic rings. The van der Waals surface area contributed by atoms with Crippen molar-refractivity contribution < 1.29 is 4.74 Å². The Labute approximate surface area is 109 Å². The minimum Gasteiger partial charge on any atom is -0.378 e. The lowest BCUT2D eigenvalue weighted by Gasteiger charge is -2.12. The van der Waals surface area contributed by atoms with Gasteiger partial charge in [0, 0.05) is 17.5 Å². The van der Waals surface area contributed by atoms with Gasteiger partial charge in [0.05, 0.1) is 9.89 Å². The summed E-state index contributed by atoms with van der Waals surface area (Å²) in [7, 11) is 0. The average Bonchev–Trinajstić information content (AvgIpc) is 2.89. The number of hydrogen-bond acceptors (Lipinski definition) is 3. The van der Waals surface area contributed by atoms with Crippen molar-refractivity contribution >= 4 is 27.3 Å². The van der Waals surface area contributed by atoms with Gasteiger partial charge in [-0.25, -0.2) is 0 Å². The molecule has 16 heavy (non-hydrogen) atoms. The first kappa shape index (κ1) is 12.6. The predicted octanol–water partition coefficient (Wildman–Crippen LogP) is 3.86. The molecule has 1 aliphatic rings. The summed E-state index contributed by atoms with van der Waals surface area (Å²) in [4.78, 5) is 1.28. The van der Waals surface area contributed by atoms with Crippen LogP contribution >= 0.6 is 27.3 Å². The van der Waals surface area contributed by atoms with E-state index in [0.29, 0.717) is 6.10 Å². The van der Waals surface area contributed by atoms with E-state index in [-0.39, 0.29) is 6.04 Å². The third-order valence-corrected chi connectivity index (χ3v) is 4.78. The lowest BCUT2D eigenvalue weighted by Crippen LogP contribution is -2.10. The number of rotatable bonds is 5. The van der Waals surface area contributed by atoms with Crippen molar-refractivity contribution in [3.63, 3.8) is 0 Å². The SMILES string of the molecule is NC(CCCC1CCCO1)c1ccc(Br)s1. The fourth-order valence-corrected chi connectivity index (χ4v) is 3.57. The standard InChI is InChI=1S/C12H18BrNOS/c13-12-7-6-11(16-12)10(14)5-1-3-9-4-2-8-15-9/h6-7,9-10H,1-5,8,14H2. The largest absolute Gasteiger partial charge is 0.378 e. The molecule has 1 aliphatic heterocycles. The van der Waals surface area contributed by atoms with Gasteiger partial charge < -0.3 is 10.5 Å². The maximum absolute atomic E-state index is 6.14. The van der Waals surface area contributed by atoms with Gasteiger partial charge in [0.2, 0.25) is 0 Å². The highest BCUT2D eigenvalue weighted by atomic mass is 79.9. The molecule has 0 spiro atoms. The van der Waals surface area contributed by atoms with Gasteiger partial charge in [-0.05, 0) is 60.2 Å². The second kappa shape index (κ2) is 6.15. The van der Waals surface area contributed by atoms with E-state index in [0.717, 1.165) is 16.8 Å². The Morgan fingerprint density at radius 2 is 2.44 bits per heavy atom. The molecule has 0 amide bonds. The van der Waals surface area contributed by atoms with Crippen LogP contribution in [0.3, 0.4) is 0 Å². The van der Waals surface area contributed by atoms with Crippen molar-refractivity contribution in [2.45, 2.75) is 44.2 Å². The van der Waals surface area contributed by atoms with Gasteiger partial charge in [-0.3, -0.25) is 0 Å². The number of ether oxygens (including phenoxy) is 1. The molecule has 1 fully saturated rings. The summed E-state index contributed by atoms with van der Waals surface area (Å²) in [6.45, 7) is 0.953. The number of thiophene rings is 1. The van der Waals surface area contributed by atoms with Crippen molar-refractivity contribution in [3.05, 3.63) is 20.8 Å². The smallest absolute Gasteiger partial charge is 0.0701 e. The van der Waals surface area contributed by atoms with E-state index in [1.54, 1.807) is 11.3 Å². The van der Waals surface area contributed by atoms with Crippen molar-refractivity contribution in [1.82, 2.24) is 0 Å². The molecule has 0 bridgehead atoms. The van der Waals surface area contributed by atoms with Gasteiger partial charge in [0.1, 0.15) is 0 Å². The second-order valence-electron chi connectivity index (χ2n) is 4.31. The minimum atomic E-state index is 0.192. The predicted molar refractivity (Wildman–Crippen MR) is 71.8 cm³/mol. The van der Waals surface area contributed by atoms with E-state index in [4.69, 9.17) is 10.5 Å². The van der Waals surface area contributed by atoms with Gasteiger partial charge in [-0.1, -0.05) is 0 Å². The zero-order chi connectivity index (χ0) is 11.4. The summed E-state index contributed by atoms with van der Waals surface area (Å²) in [5.74, 6) is 0. The molecule has 4 heteroatoms. The van der Waals surface area contributed by atoms with E-state index in [2.05, 4.69) is 28.1 Å². The van der Waals surface area contributed by atoms with E-state index < -0.39 is 0 Å². The van der Waals surface area contributed by atoms with Gasteiger partial charge >= 0.3 is 0 Å². The van der Waals surface area contributed by atoms with Crippen molar-refractivity contribution in [1.29, 1.82) is 0 Å². The minimum absolute atomic E-state index is 0.192. The number of hydrogen-bond donors (Lipinski definition) is 1. The van der Waals surface area contributed by atoms with E-state index >= 15 is 0 Å². The lowest BCUT2D eigenvalue weighted by atomic mass is 10.0. The zero-order valence-corrected chi connectivity index (χ0v) is 11.7. The van der Waals surface area contributed by atoms with Gasteiger partial charge in [0.15, 0.2) is 0 Å². The van der Waals surface area contributed by atoms with Crippen LogP contribution in [0.1, 0.15) is 43.0 Å². The molecule has 0 aromatic carbocycles. The quantitative estimate of drug-likeness (QED) is 0.896. The molecule has 2 atom stereocenters. The summed E-state index contributed by atoms with van der Waals surface area (Å²) in [6.07, 6.45) is 6.37. The van der Waals surface area contributed by atoms with Gasteiger partial charge in [0.25, 0.3) is 0 Å². The molecular weight excluding hydrogens is 286 g/mol. The molecule has 2 unspecified atom stereocenters. The van der Waals surface area contributed by atoms with Crippen LogP contribution in [0.25, 0.3) is 0 Å². The van der Waals surface area contributed by atoms with Crippen LogP contribution in [0.5, 0.6) is 0 Å². The third-order valence-electron chi connectivity index (χ3n) is 3.02.